The molecule has 1 aromatic heterocycles. The smallest absolute Gasteiger partial charge is 0.319 e. The zero-order valence-corrected chi connectivity index (χ0v) is 20.8. The number of sulfonamides is 1. The van der Waals surface area contributed by atoms with E-state index < -0.39 is 40.1 Å². The number of pyridine rings is 1. The van der Waals surface area contributed by atoms with E-state index in [2.05, 4.69) is 15.6 Å². The molecule has 0 saturated heterocycles. The van der Waals surface area contributed by atoms with E-state index in [1.54, 1.807) is 24.5 Å². The fourth-order valence-electron chi connectivity index (χ4n) is 3.59. The number of aromatic nitrogens is 1. The molecule has 0 aliphatic heterocycles. The molecule has 0 fully saturated rings. The van der Waals surface area contributed by atoms with E-state index in [1.807, 2.05) is 0 Å². The van der Waals surface area contributed by atoms with E-state index in [0.29, 0.717) is 11.3 Å². The van der Waals surface area contributed by atoms with E-state index in [0.717, 1.165) is 28.1 Å². The Balaban J connectivity index is 1.52. The maximum absolute atomic E-state index is 14.4. The number of hydrogen-bond acceptors (Lipinski definition) is 4. The molecule has 0 bridgehead atoms. The average molecular weight is 541 g/mol. The second-order valence-electron chi connectivity index (χ2n) is 8.32. The number of benzene rings is 3. The third-order valence-corrected chi connectivity index (χ3v) is 7.38. The Morgan fingerprint density at radius 1 is 0.789 bits per heavy atom. The number of nitrogens with one attached hydrogen (secondary N) is 2. The molecule has 1 heterocycles. The lowest BCUT2D eigenvalue weighted by molar-refractivity contribution is 0.251. The highest BCUT2D eigenvalue weighted by molar-refractivity contribution is 7.89. The first-order valence-electron chi connectivity index (χ1n) is 11.4. The van der Waals surface area contributed by atoms with Crippen molar-refractivity contribution < 1.29 is 26.4 Å². The maximum atomic E-state index is 14.4. The number of carbonyl (C=O) groups is 1. The number of urea groups is 1. The van der Waals surface area contributed by atoms with Gasteiger partial charge in [-0.3, -0.25) is 4.98 Å². The number of halogens is 3. The molecule has 0 aliphatic carbocycles. The minimum Gasteiger partial charge on any atom is -0.334 e. The van der Waals surface area contributed by atoms with E-state index in [9.17, 15) is 26.4 Å². The van der Waals surface area contributed by atoms with Crippen LogP contribution in [0.15, 0.2) is 96.2 Å². The third kappa shape index (κ3) is 6.96. The Morgan fingerprint density at radius 2 is 1.45 bits per heavy atom. The first-order valence-corrected chi connectivity index (χ1v) is 12.9. The summed E-state index contributed by atoms with van der Waals surface area (Å²) in [6.07, 6.45) is 3.21. The summed E-state index contributed by atoms with van der Waals surface area (Å²) < 4.78 is 69.5. The molecule has 2 amide bonds. The molecular weight excluding hydrogens is 517 g/mol. The zero-order chi connectivity index (χ0) is 27.1. The van der Waals surface area contributed by atoms with Crippen LogP contribution in [0.3, 0.4) is 0 Å². The van der Waals surface area contributed by atoms with Crippen LogP contribution in [0.5, 0.6) is 0 Å². The normalized spacial score (nSPS) is 11.4. The molecule has 0 unspecified atom stereocenters. The van der Waals surface area contributed by atoms with Gasteiger partial charge in [0, 0.05) is 43.3 Å². The predicted octanol–water partition coefficient (Wildman–Crippen LogP) is 5.21. The standard InChI is InChI=1S/C27H23F3N4O3S/c28-22-3-1-20(2-4-22)17-34(18-21-15-23(29)5-10-26(21)30)38(36,37)25-8-6-24(7-9-25)33-27(35)32-16-19-11-13-31-14-12-19/h1-15H,16-18H2,(H2,32,33,35). The largest absolute Gasteiger partial charge is 0.334 e. The Bertz CT molecular complexity index is 1500. The molecule has 0 aliphatic rings. The van der Waals surface area contributed by atoms with Crippen LogP contribution in [0.2, 0.25) is 0 Å². The van der Waals surface area contributed by atoms with Crippen molar-refractivity contribution in [2.24, 2.45) is 0 Å². The van der Waals surface area contributed by atoms with Crippen molar-refractivity contribution in [1.82, 2.24) is 14.6 Å². The van der Waals surface area contributed by atoms with Crippen LogP contribution in [0.1, 0.15) is 16.7 Å². The van der Waals surface area contributed by atoms with Crippen molar-refractivity contribution in [3.05, 3.63) is 125 Å². The van der Waals surface area contributed by atoms with Crippen LogP contribution < -0.4 is 10.6 Å². The Kier molecular flexibility index (Phi) is 8.39. The first-order chi connectivity index (χ1) is 18.2. The quantitative estimate of drug-likeness (QED) is 0.305. The zero-order valence-electron chi connectivity index (χ0n) is 19.9. The highest BCUT2D eigenvalue weighted by atomic mass is 32.2. The molecule has 2 N–H and O–H groups in total. The van der Waals surface area contributed by atoms with Gasteiger partial charge < -0.3 is 10.6 Å². The second kappa shape index (κ2) is 11.9. The van der Waals surface area contributed by atoms with Crippen LogP contribution in [0, 0.1) is 17.5 Å². The SMILES string of the molecule is O=C(NCc1ccncc1)Nc1ccc(S(=O)(=O)N(Cc2ccc(F)cc2)Cc2cc(F)ccc2F)cc1. The van der Waals surface area contributed by atoms with Crippen molar-refractivity contribution in [2.75, 3.05) is 5.32 Å². The summed E-state index contributed by atoms with van der Waals surface area (Å²) in [5.41, 5.74) is 1.50. The van der Waals surface area contributed by atoms with Crippen molar-refractivity contribution >= 4 is 21.7 Å². The molecule has 0 spiro atoms. The van der Waals surface area contributed by atoms with Gasteiger partial charge >= 0.3 is 6.03 Å². The van der Waals surface area contributed by atoms with Crippen molar-refractivity contribution in [2.45, 2.75) is 24.5 Å². The van der Waals surface area contributed by atoms with Gasteiger partial charge in [-0.15, -0.1) is 0 Å². The van der Waals surface area contributed by atoms with Gasteiger partial charge in [0.2, 0.25) is 10.0 Å². The van der Waals surface area contributed by atoms with Crippen molar-refractivity contribution in [3.8, 4) is 0 Å². The molecule has 0 radical (unpaired) electrons. The summed E-state index contributed by atoms with van der Waals surface area (Å²) in [5.74, 6) is -1.96. The minimum absolute atomic E-state index is 0.126. The van der Waals surface area contributed by atoms with Gasteiger partial charge in [-0.2, -0.15) is 4.31 Å². The molecule has 11 heteroatoms. The molecular formula is C27H23F3N4O3S. The highest BCUT2D eigenvalue weighted by Gasteiger charge is 2.26. The van der Waals surface area contributed by atoms with E-state index in [-0.39, 0.29) is 23.5 Å². The first kappa shape index (κ1) is 26.8. The monoisotopic (exact) mass is 540 g/mol. The average Bonchev–Trinajstić information content (AvgIpc) is 2.91. The number of amides is 2. The van der Waals surface area contributed by atoms with Crippen LogP contribution in [-0.2, 0) is 29.7 Å². The fourth-order valence-corrected chi connectivity index (χ4v) is 5.00. The molecule has 7 nitrogen and oxygen atoms in total. The Hall–Kier alpha value is -4.22. The third-order valence-electron chi connectivity index (χ3n) is 5.58. The van der Waals surface area contributed by atoms with Gasteiger partial charge in [-0.25, -0.2) is 26.4 Å². The number of anilines is 1. The van der Waals surface area contributed by atoms with Gasteiger partial charge in [0.1, 0.15) is 17.5 Å². The van der Waals surface area contributed by atoms with Gasteiger partial charge in [0.25, 0.3) is 0 Å². The molecule has 38 heavy (non-hydrogen) atoms. The lowest BCUT2D eigenvalue weighted by atomic mass is 10.2. The van der Waals surface area contributed by atoms with Crippen LogP contribution in [0.4, 0.5) is 23.7 Å². The number of rotatable bonds is 9. The molecule has 0 saturated carbocycles. The fraction of sp³-hybridized carbons (Fsp3) is 0.111. The number of nitrogens with zero attached hydrogens (tertiary/aromatic N) is 2. The summed E-state index contributed by atoms with van der Waals surface area (Å²) >= 11 is 0. The highest BCUT2D eigenvalue weighted by Crippen LogP contribution is 2.24. The number of hydrogen-bond donors (Lipinski definition) is 2. The van der Waals surface area contributed by atoms with Crippen LogP contribution in [0.25, 0.3) is 0 Å². The lowest BCUT2D eigenvalue weighted by Crippen LogP contribution is -2.31. The number of carbonyl (C=O) groups excluding carboxylic acids is 1. The summed E-state index contributed by atoms with van der Waals surface area (Å²) in [7, 11) is -4.21. The topological polar surface area (TPSA) is 91.4 Å². The van der Waals surface area contributed by atoms with Crippen molar-refractivity contribution in [1.29, 1.82) is 0 Å². The summed E-state index contributed by atoms with van der Waals surface area (Å²) in [6.45, 7) is -0.396. The van der Waals surface area contributed by atoms with E-state index >= 15 is 0 Å². The van der Waals surface area contributed by atoms with Crippen LogP contribution in [-0.4, -0.2) is 23.7 Å². The Labute approximate surface area is 218 Å². The molecule has 3 aromatic carbocycles. The summed E-state index contributed by atoms with van der Waals surface area (Å²) in [5, 5.41) is 5.30. The molecule has 4 rings (SSSR count). The Morgan fingerprint density at radius 3 is 2.13 bits per heavy atom. The summed E-state index contributed by atoms with van der Waals surface area (Å²) in [4.78, 5) is 16.0. The molecule has 196 valence electrons. The van der Waals surface area contributed by atoms with E-state index in [4.69, 9.17) is 0 Å². The molecule has 0 atom stereocenters. The molecule has 4 aromatic rings. The second-order valence-corrected chi connectivity index (χ2v) is 10.3. The van der Waals surface area contributed by atoms with Gasteiger partial charge in [0.15, 0.2) is 0 Å². The van der Waals surface area contributed by atoms with Gasteiger partial charge in [-0.1, -0.05) is 12.1 Å². The predicted molar refractivity (Wildman–Crippen MR) is 136 cm³/mol. The van der Waals surface area contributed by atoms with Gasteiger partial charge in [0.05, 0.1) is 4.90 Å². The van der Waals surface area contributed by atoms with E-state index in [1.165, 1.54) is 48.5 Å². The van der Waals surface area contributed by atoms with Crippen molar-refractivity contribution in [3.63, 3.8) is 0 Å². The van der Waals surface area contributed by atoms with Gasteiger partial charge in [-0.05, 0) is 77.9 Å². The summed E-state index contributed by atoms with van der Waals surface area (Å²) in [6, 6.07) is 16.4. The lowest BCUT2D eigenvalue weighted by Gasteiger charge is -2.23. The van der Waals surface area contributed by atoms with Crippen LogP contribution >= 0.6 is 0 Å². The minimum atomic E-state index is -4.21. The maximum Gasteiger partial charge on any atom is 0.319 e.